The van der Waals surface area contributed by atoms with E-state index in [0.717, 1.165) is 30.8 Å². The van der Waals surface area contributed by atoms with E-state index in [4.69, 9.17) is 5.73 Å². The normalized spacial score (nSPS) is 16.1. The number of primary amides is 1. The number of ketones is 1. The Morgan fingerprint density at radius 1 is 0.974 bits per heavy atom. The number of rotatable bonds is 10. The first kappa shape index (κ1) is 26.0. The van der Waals surface area contributed by atoms with Crippen LogP contribution in [0.4, 0.5) is 0 Å². The van der Waals surface area contributed by atoms with E-state index in [-0.39, 0.29) is 12.0 Å². The van der Waals surface area contributed by atoms with Gasteiger partial charge in [-0.1, -0.05) is 60.7 Å². The van der Waals surface area contributed by atoms with Gasteiger partial charge >= 0.3 is 0 Å². The Morgan fingerprint density at radius 3 is 2.46 bits per heavy atom. The minimum absolute atomic E-state index is 0.135. The van der Waals surface area contributed by atoms with E-state index in [9.17, 15) is 14.4 Å². The predicted octanol–water partition coefficient (Wildman–Crippen LogP) is 2.65. The first-order chi connectivity index (χ1) is 19.0. The number of hydrogen-bond donors (Lipinski definition) is 2. The minimum Gasteiger partial charge on any atom is -0.363 e. The number of nitrogens with one attached hydrogen (secondary N) is 1. The fourth-order valence-corrected chi connectivity index (χ4v) is 4.99. The summed E-state index contributed by atoms with van der Waals surface area (Å²) in [4.78, 5) is 44.3. The molecule has 9 heteroatoms. The zero-order valence-corrected chi connectivity index (χ0v) is 21.4. The second-order valence-electron chi connectivity index (χ2n) is 9.70. The standard InChI is InChI=1S/C30H30N6O3/c31-28(38)27(37)26(18-21-8-3-1-4-9-21)33-30(39)25-12-7-15-32-29(25)36-17-14-24(34-36)20-35-16-13-23(19-35)22-10-5-2-6-11-22/h1-12,14-15,17,23,26H,13,16,18-20H2,(H2,31,38)(H,33,39). The van der Waals surface area contributed by atoms with E-state index >= 15 is 0 Å². The minimum atomic E-state index is -1.11. The summed E-state index contributed by atoms with van der Waals surface area (Å²) in [6, 6.07) is 23.7. The number of amides is 2. The van der Waals surface area contributed by atoms with Crippen molar-refractivity contribution < 1.29 is 14.4 Å². The molecule has 0 radical (unpaired) electrons. The highest BCUT2D eigenvalue weighted by molar-refractivity contribution is 6.38. The van der Waals surface area contributed by atoms with Gasteiger partial charge in [0.25, 0.3) is 11.8 Å². The number of hydrogen-bond acceptors (Lipinski definition) is 6. The van der Waals surface area contributed by atoms with Crippen LogP contribution in [-0.4, -0.2) is 56.4 Å². The van der Waals surface area contributed by atoms with Crippen LogP contribution >= 0.6 is 0 Å². The molecule has 2 aromatic heterocycles. The van der Waals surface area contributed by atoms with Crippen LogP contribution in [0.25, 0.3) is 5.82 Å². The predicted molar refractivity (Wildman–Crippen MR) is 146 cm³/mol. The summed E-state index contributed by atoms with van der Waals surface area (Å²) in [6.07, 6.45) is 4.59. The van der Waals surface area contributed by atoms with Crippen LogP contribution in [0.1, 0.15) is 39.5 Å². The van der Waals surface area contributed by atoms with Crippen LogP contribution in [0.3, 0.4) is 0 Å². The lowest BCUT2D eigenvalue weighted by Gasteiger charge is -2.17. The molecule has 0 bridgehead atoms. The second kappa shape index (κ2) is 11.8. The van der Waals surface area contributed by atoms with Crippen LogP contribution in [0.2, 0.25) is 0 Å². The van der Waals surface area contributed by atoms with E-state index in [2.05, 4.69) is 44.6 Å². The van der Waals surface area contributed by atoms with Crippen molar-refractivity contribution in [2.45, 2.75) is 31.3 Å². The van der Waals surface area contributed by atoms with Crippen LogP contribution in [-0.2, 0) is 22.6 Å². The molecule has 9 nitrogen and oxygen atoms in total. The highest BCUT2D eigenvalue weighted by atomic mass is 16.2. The van der Waals surface area contributed by atoms with Crippen LogP contribution in [0, 0.1) is 0 Å². The number of aromatic nitrogens is 3. The topological polar surface area (TPSA) is 123 Å². The van der Waals surface area contributed by atoms with Gasteiger partial charge < -0.3 is 11.1 Å². The fourth-order valence-electron chi connectivity index (χ4n) is 4.99. The maximum Gasteiger partial charge on any atom is 0.287 e. The van der Waals surface area contributed by atoms with Gasteiger partial charge in [-0.15, -0.1) is 0 Å². The summed E-state index contributed by atoms with van der Waals surface area (Å²) in [6.45, 7) is 2.64. The summed E-state index contributed by atoms with van der Waals surface area (Å²) in [5.74, 6) is -1.67. The van der Waals surface area contributed by atoms with Crippen LogP contribution in [0.15, 0.2) is 91.3 Å². The number of nitrogens with zero attached hydrogens (tertiary/aromatic N) is 4. The highest BCUT2D eigenvalue weighted by Gasteiger charge is 2.28. The number of carbonyl (C=O) groups excluding carboxylic acids is 3. The Kier molecular flexibility index (Phi) is 7.88. The number of benzene rings is 2. The molecule has 0 aliphatic carbocycles. The molecule has 3 heterocycles. The first-order valence-electron chi connectivity index (χ1n) is 12.9. The number of Topliss-reactive ketones (excluding diaryl/α,β-unsaturated/α-hetero) is 1. The van der Waals surface area contributed by atoms with Crippen molar-refractivity contribution in [2.75, 3.05) is 13.1 Å². The van der Waals surface area contributed by atoms with Gasteiger partial charge in [0.15, 0.2) is 5.82 Å². The lowest BCUT2D eigenvalue weighted by Crippen LogP contribution is -2.47. The van der Waals surface area contributed by atoms with Crippen molar-refractivity contribution in [1.82, 2.24) is 25.0 Å². The van der Waals surface area contributed by atoms with Crippen LogP contribution in [0.5, 0.6) is 0 Å². The van der Waals surface area contributed by atoms with Gasteiger partial charge in [-0.05, 0) is 48.2 Å². The second-order valence-corrected chi connectivity index (χ2v) is 9.70. The van der Waals surface area contributed by atoms with Crippen LogP contribution < -0.4 is 11.1 Å². The molecule has 5 rings (SSSR count). The molecule has 0 saturated carbocycles. The van der Waals surface area contributed by atoms with Gasteiger partial charge in [-0.3, -0.25) is 19.3 Å². The van der Waals surface area contributed by atoms with E-state index in [1.54, 1.807) is 29.2 Å². The molecule has 1 aliphatic rings. The molecule has 1 aliphatic heterocycles. The summed E-state index contributed by atoms with van der Waals surface area (Å²) in [5, 5.41) is 7.37. The molecule has 2 amide bonds. The number of nitrogens with two attached hydrogens (primary N) is 1. The molecule has 4 aromatic rings. The Labute approximate surface area is 226 Å². The summed E-state index contributed by atoms with van der Waals surface area (Å²) in [5.41, 5.74) is 8.51. The van der Waals surface area contributed by atoms with E-state index in [1.807, 2.05) is 42.5 Å². The molecule has 198 valence electrons. The van der Waals surface area contributed by atoms with Gasteiger partial charge in [0, 0.05) is 31.9 Å². The molecule has 3 N–H and O–H groups in total. The van der Waals surface area contributed by atoms with Gasteiger partial charge in [-0.2, -0.15) is 5.10 Å². The summed E-state index contributed by atoms with van der Waals surface area (Å²) in [7, 11) is 0. The lowest BCUT2D eigenvalue weighted by molar-refractivity contribution is -0.137. The molecule has 2 atom stereocenters. The zero-order valence-electron chi connectivity index (χ0n) is 21.4. The molecular formula is C30H30N6O3. The maximum absolute atomic E-state index is 13.3. The summed E-state index contributed by atoms with van der Waals surface area (Å²) >= 11 is 0. The number of carbonyl (C=O) groups is 3. The summed E-state index contributed by atoms with van der Waals surface area (Å²) < 4.78 is 1.57. The molecule has 2 unspecified atom stereocenters. The monoisotopic (exact) mass is 522 g/mol. The van der Waals surface area contributed by atoms with E-state index < -0.39 is 23.6 Å². The number of pyridine rings is 1. The van der Waals surface area contributed by atoms with Crippen molar-refractivity contribution in [2.24, 2.45) is 5.73 Å². The first-order valence-corrected chi connectivity index (χ1v) is 12.9. The third-order valence-electron chi connectivity index (χ3n) is 6.97. The van der Waals surface area contributed by atoms with E-state index in [0.29, 0.717) is 18.3 Å². The van der Waals surface area contributed by atoms with Gasteiger partial charge in [-0.25, -0.2) is 9.67 Å². The molecule has 39 heavy (non-hydrogen) atoms. The SMILES string of the molecule is NC(=O)C(=O)C(Cc1ccccc1)NC(=O)c1cccnc1-n1ccc(CN2CCC(c3ccccc3)C2)n1. The average molecular weight is 523 g/mol. The van der Waals surface area contributed by atoms with Crippen molar-refractivity contribution >= 4 is 17.6 Å². The molecule has 1 fully saturated rings. The Morgan fingerprint density at radius 2 is 1.72 bits per heavy atom. The van der Waals surface area contributed by atoms with Crippen molar-refractivity contribution in [3.8, 4) is 5.82 Å². The van der Waals surface area contributed by atoms with Gasteiger partial charge in [0.2, 0.25) is 5.78 Å². The Bertz CT molecular complexity index is 1450. The molecule has 0 spiro atoms. The number of likely N-dealkylation sites (tertiary alicyclic amines) is 1. The zero-order chi connectivity index (χ0) is 27.2. The smallest absolute Gasteiger partial charge is 0.287 e. The quantitative estimate of drug-likeness (QED) is 0.309. The third-order valence-corrected chi connectivity index (χ3v) is 6.97. The maximum atomic E-state index is 13.3. The molecule has 2 aromatic carbocycles. The molecule has 1 saturated heterocycles. The highest BCUT2D eigenvalue weighted by Crippen LogP contribution is 2.27. The third kappa shape index (κ3) is 6.27. The lowest BCUT2D eigenvalue weighted by atomic mass is 9.99. The Hall–Kier alpha value is -4.63. The molecular weight excluding hydrogens is 492 g/mol. The van der Waals surface area contributed by atoms with Gasteiger partial charge in [0.05, 0.1) is 11.3 Å². The Balaban J connectivity index is 1.29. The van der Waals surface area contributed by atoms with Crippen molar-refractivity contribution in [3.05, 3.63) is 114 Å². The average Bonchev–Trinajstić information content (AvgIpc) is 3.63. The fraction of sp³-hybridized carbons (Fsp3) is 0.233. The van der Waals surface area contributed by atoms with Crippen molar-refractivity contribution in [3.63, 3.8) is 0 Å². The largest absolute Gasteiger partial charge is 0.363 e. The van der Waals surface area contributed by atoms with E-state index in [1.165, 1.54) is 5.56 Å². The van der Waals surface area contributed by atoms with Crippen molar-refractivity contribution in [1.29, 1.82) is 0 Å². The van der Waals surface area contributed by atoms with Gasteiger partial charge in [0.1, 0.15) is 6.04 Å².